The van der Waals surface area contributed by atoms with Crippen LogP contribution in [0.5, 0.6) is 0 Å². The Kier molecular flexibility index (Phi) is 7.89. The fraction of sp³-hybridized carbons (Fsp3) is 0.538. The molecule has 0 fully saturated rings. The molecule has 0 amide bonds. The minimum absolute atomic E-state index is 1.03. The Balaban J connectivity index is 2.01. The van der Waals surface area contributed by atoms with Gasteiger partial charge in [-0.05, 0) is 70.5 Å². The first kappa shape index (κ1) is 22.3. The van der Waals surface area contributed by atoms with Gasteiger partial charge in [-0.25, -0.2) is 0 Å². The Morgan fingerprint density at radius 2 is 1.17 bits per heavy atom. The molecular formula is C26H40N4. The van der Waals surface area contributed by atoms with Crippen molar-refractivity contribution < 1.29 is 0 Å². The van der Waals surface area contributed by atoms with E-state index < -0.39 is 0 Å². The highest BCUT2D eigenvalue weighted by molar-refractivity contribution is 5.94. The van der Waals surface area contributed by atoms with Gasteiger partial charge in [0.25, 0.3) is 0 Å². The molecule has 0 radical (unpaired) electrons. The third-order valence-corrected chi connectivity index (χ3v) is 6.31. The molecule has 2 aromatic carbocycles. The van der Waals surface area contributed by atoms with Crippen LogP contribution < -0.4 is 20.0 Å². The van der Waals surface area contributed by atoms with Crippen LogP contribution in [0.25, 0.3) is 0 Å². The number of rotatable bonds is 11. The number of unbranched alkanes of at least 4 members (excludes halogenated alkanes) is 3. The quantitative estimate of drug-likeness (QED) is 0.398. The monoisotopic (exact) mass is 408 g/mol. The molecule has 2 aromatic rings. The van der Waals surface area contributed by atoms with Gasteiger partial charge in [-0.15, -0.1) is 0 Å². The molecule has 0 unspecified atom stereocenters. The fourth-order valence-electron chi connectivity index (χ4n) is 4.48. The average Bonchev–Trinajstić information content (AvgIpc) is 2.78. The van der Waals surface area contributed by atoms with Crippen LogP contribution in [0.3, 0.4) is 0 Å². The predicted octanol–water partition coefficient (Wildman–Crippen LogP) is 7.15. The van der Waals surface area contributed by atoms with Crippen molar-refractivity contribution >= 4 is 34.1 Å². The fourth-order valence-corrected chi connectivity index (χ4v) is 4.48. The van der Waals surface area contributed by atoms with E-state index in [1.807, 2.05) is 0 Å². The van der Waals surface area contributed by atoms with Gasteiger partial charge >= 0.3 is 0 Å². The lowest BCUT2D eigenvalue weighted by Crippen LogP contribution is -2.27. The maximum atomic E-state index is 3.70. The zero-order valence-electron chi connectivity index (χ0n) is 19.7. The number of nitrogens with zero attached hydrogens (tertiary/aromatic N) is 3. The molecule has 0 atom stereocenters. The van der Waals surface area contributed by atoms with Gasteiger partial charge in [0.1, 0.15) is 0 Å². The summed E-state index contributed by atoms with van der Waals surface area (Å²) in [6.07, 6.45) is 5.09. The van der Waals surface area contributed by atoms with Crippen LogP contribution in [0, 0.1) is 0 Å². The topological polar surface area (TPSA) is 21.8 Å². The lowest BCUT2D eigenvalue weighted by atomic mass is 10.1. The van der Waals surface area contributed by atoms with Crippen molar-refractivity contribution in [1.82, 2.24) is 0 Å². The van der Waals surface area contributed by atoms with E-state index in [2.05, 4.69) is 91.0 Å². The zero-order chi connectivity index (χ0) is 21.5. The molecular weight excluding hydrogens is 368 g/mol. The summed E-state index contributed by atoms with van der Waals surface area (Å²) in [5.41, 5.74) is 7.65. The van der Waals surface area contributed by atoms with Crippen molar-refractivity contribution in [2.75, 3.05) is 52.7 Å². The van der Waals surface area contributed by atoms with Crippen LogP contribution in [0.15, 0.2) is 36.4 Å². The minimum Gasteiger partial charge on any atom is -0.372 e. The maximum Gasteiger partial charge on any atom is 0.0671 e. The largest absolute Gasteiger partial charge is 0.372 e. The highest BCUT2D eigenvalue weighted by Gasteiger charge is 2.24. The highest BCUT2D eigenvalue weighted by Crippen LogP contribution is 2.46. The van der Waals surface area contributed by atoms with Crippen molar-refractivity contribution in [3.63, 3.8) is 0 Å². The predicted molar refractivity (Wildman–Crippen MR) is 134 cm³/mol. The van der Waals surface area contributed by atoms with Gasteiger partial charge in [0.2, 0.25) is 0 Å². The lowest BCUT2D eigenvalue weighted by Gasteiger charge is -2.36. The summed E-state index contributed by atoms with van der Waals surface area (Å²) in [5, 5.41) is 3.70. The van der Waals surface area contributed by atoms with Crippen LogP contribution in [0.4, 0.5) is 34.1 Å². The van der Waals surface area contributed by atoms with Crippen LogP contribution >= 0.6 is 0 Å². The molecule has 3 rings (SSSR count). The van der Waals surface area contributed by atoms with Gasteiger partial charge in [0, 0.05) is 44.1 Å². The van der Waals surface area contributed by atoms with Crippen LogP contribution in [0.1, 0.15) is 60.3 Å². The Labute approximate surface area is 183 Å². The van der Waals surface area contributed by atoms with Crippen LogP contribution in [-0.2, 0) is 0 Å². The van der Waals surface area contributed by atoms with Crippen LogP contribution in [-0.4, -0.2) is 32.7 Å². The summed E-state index contributed by atoms with van der Waals surface area (Å²) < 4.78 is 0. The lowest BCUT2D eigenvalue weighted by molar-refractivity contribution is 0.668. The summed E-state index contributed by atoms with van der Waals surface area (Å²) >= 11 is 0. The standard InChI is InChI=1S/C26H40N4/c1-6-11-12-13-18-30-25-19-21(28(7-2)8-3)14-16-23(25)27-24-17-15-22(20-26(24)30)29(9-4)10-5/h14-17,19-20,27H,6-13,18H2,1-5H3. The molecule has 1 N–H and O–H groups in total. The normalized spacial score (nSPS) is 12.2. The molecule has 1 aliphatic heterocycles. The van der Waals surface area contributed by atoms with E-state index in [1.165, 1.54) is 59.8 Å². The maximum absolute atomic E-state index is 3.70. The van der Waals surface area contributed by atoms with Gasteiger partial charge in [0.05, 0.1) is 22.7 Å². The van der Waals surface area contributed by atoms with Gasteiger partial charge in [-0.1, -0.05) is 26.2 Å². The molecule has 4 heteroatoms. The smallest absolute Gasteiger partial charge is 0.0671 e. The van der Waals surface area contributed by atoms with E-state index in [-0.39, 0.29) is 0 Å². The van der Waals surface area contributed by atoms with Crippen molar-refractivity contribution in [2.24, 2.45) is 0 Å². The van der Waals surface area contributed by atoms with Gasteiger partial charge in [0.15, 0.2) is 0 Å². The summed E-state index contributed by atoms with van der Waals surface area (Å²) in [6, 6.07) is 13.8. The van der Waals surface area contributed by atoms with E-state index in [0.717, 1.165) is 32.7 Å². The number of hydrogen-bond acceptors (Lipinski definition) is 4. The van der Waals surface area contributed by atoms with Gasteiger partial charge < -0.3 is 20.0 Å². The molecule has 0 saturated carbocycles. The second kappa shape index (κ2) is 10.6. The minimum atomic E-state index is 1.03. The third kappa shape index (κ3) is 4.69. The van der Waals surface area contributed by atoms with Crippen molar-refractivity contribution in [3.8, 4) is 0 Å². The van der Waals surface area contributed by atoms with E-state index in [4.69, 9.17) is 0 Å². The molecule has 1 aliphatic rings. The molecule has 0 bridgehead atoms. The first-order valence-electron chi connectivity index (χ1n) is 12.0. The van der Waals surface area contributed by atoms with E-state index in [9.17, 15) is 0 Å². The van der Waals surface area contributed by atoms with E-state index in [0.29, 0.717) is 0 Å². The highest BCUT2D eigenvalue weighted by atomic mass is 15.2. The Morgan fingerprint density at radius 3 is 1.60 bits per heavy atom. The summed E-state index contributed by atoms with van der Waals surface area (Å²) in [5.74, 6) is 0. The van der Waals surface area contributed by atoms with Crippen molar-refractivity contribution in [2.45, 2.75) is 60.3 Å². The molecule has 0 saturated heterocycles. The second-order valence-corrected chi connectivity index (χ2v) is 8.08. The Hall–Kier alpha value is -2.36. The van der Waals surface area contributed by atoms with Crippen molar-refractivity contribution in [3.05, 3.63) is 36.4 Å². The molecule has 164 valence electrons. The number of anilines is 6. The number of benzene rings is 2. The molecule has 0 aliphatic carbocycles. The number of fused-ring (bicyclic) bond motifs is 2. The van der Waals surface area contributed by atoms with E-state index >= 15 is 0 Å². The average molecular weight is 409 g/mol. The number of nitrogens with one attached hydrogen (secondary N) is 1. The first-order valence-corrected chi connectivity index (χ1v) is 12.0. The molecule has 30 heavy (non-hydrogen) atoms. The molecule has 1 heterocycles. The Bertz CT molecular complexity index is 747. The number of hydrogen-bond donors (Lipinski definition) is 1. The second-order valence-electron chi connectivity index (χ2n) is 8.08. The third-order valence-electron chi connectivity index (χ3n) is 6.31. The summed E-state index contributed by atoms with van der Waals surface area (Å²) in [6.45, 7) is 16.4. The van der Waals surface area contributed by atoms with Crippen LogP contribution in [0.2, 0.25) is 0 Å². The first-order chi connectivity index (χ1) is 14.7. The van der Waals surface area contributed by atoms with Gasteiger partial charge in [-0.2, -0.15) is 0 Å². The molecule has 4 nitrogen and oxygen atoms in total. The summed E-state index contributed by atoms with van der Waals surface area (Å²) in [7, 11) is 0. The van der Waals surface area contributed by atoms with Gasteiger partial charge in [-0.3, -0.25) is 0 Å². The summed E-state index contributed by atoms with van der Waals surface area (Å²) in [4.78, 5) is 7.41. The SMILES string of the molecule is CCCCCCN1c2cc(N(CC)CC)ccc2Nc2ccc(N(CC)CC)cc21. The van der Waals surface area contributed by atoms with Crippen molar-refractivity contribution in [1.29, 1.82) is 0 Å². The Morgan fingerprint density at radius 1 is 0.667 bits per heavy atom. The molecule has 0 aromatic heterocycles. The molecule has 0 spiro atoms. The zero-order valence-corrected chi connectivity index (χ0v) is 19.7. The van der Waals surface area contributed by atoms with E-state index in [1.54, 1.807) is 0 Å².